The largest absolute Gasteiger partial charge is 0.490 e. The van der Waals surface area contributed by atoms with Gasteiger partial charge in [0.2, 0.25) is 0 Å². The van der Waals surface area contributed by atoms with Crippen molar-refractivity contribution in [1.82, 2.24) is 0 Å². The second-order valence-electron chi connectivity index (χ2n) is 8.94. The molecule has 4 heteroatoms. The zero-order valence-electron chi connectivity index (χ0n) is 21.1. The van der Waals surface area contributed by atoms with E-state index in [0.29, 0.717) is 5.33 Å². The highest BCUT2D eigenvalue weighted by Crippen LogP contribution is 2.39. The maximum Gasteiger partial charge on any atom is 0.309 e. The molecule has 33 heavy (non-hydrogen) atoms. The van der Waals surface area contributed by atoms with Crippen LogP contribution in [0.2, 0.25) is 0 Å². The van der Waals surface area contributed by atoms with Crippen LogP contribution in [-0.2, 0) is 26.7 Å². The van der Waals surface area contributed by atoms with Crippen molar-refractivity contribution in [2.75, 3.05) is 7.11 Å². The van der Waals surface area contributed by atoms with Crippen molar-refractivity contribution in [3.05, 3.63) is 63.7 Å². The molecule has 0 fully saturated rings. The van der Waals surface area contributed by atoms with Crippen molar-refractivity contribution >= 4 is 21.9 Å². The van der Waals surface area contributed by atoms with E-state index in [1.807, 2.05) is 24.3 Å². The van der Waals surface area contributed by atoms with Crippen LogP contribution in [0.4, 0.5) is 0 Å². The second-order valence-corrected chi connectivity index (χ2v) is 9.50. The average Bonchev–Trinajstić information content (AvgIpc) is 2.73. The fourth-order valence-corrected chi connectivity index (χ4v) is 3.79. The molecule has 0 atom stereocenters. The fraction of sp³-hybridized carbons (Fsp3) is 0.414. The van der Waals surface area contributed by atoms with Crippen molar-refractivity contribution in [3.8, 4) is 29.9 Å². The molecule has 176 valence electrons. The van der Waals surface area contributed by atoms with Gasteiger partial charge in [-0.15, -0.1) is 12.3 Å². The molecule has 0 aliphatic rings. The minimum atomic E-state index is -0.245. The van der Waals surface area contributed by atoms with Crippen LogP contribution >= 0.6 is 15.9 Å². The maximum atomic E-state index is 11.4. The molecule has 0 N–H and O–H groups in total. The number of carbonyl (C=O) groups excluding carboxylic acids is 1. The summed E-state index contributed by atoms with van der Waals surface area (Å²) < 4.78 is 10.9. The standard InChI is InChI=1S/C26H31BrO3.C3H4/c1-17(2)30-25-22(16-27)18(3)21(15-23(25)26(4,5)6)13-12-19-8-10-20(11-9-19)14-24(28)29-7;1-3-2/h8-11,15,17H,14,16H2,1-7H3;1H,2H3. The highest BCUT2D eigenvalue weighted by molar-refractivity contribution is 9.08. The summed E-state index contributed by atoms with van der Waals surface area (Å²) in [5, 5.41) is 0.710. The van der Waals surface area contributed by atoms with Gasteiger partial charge >= 0.3 is 5.97 Å². The SMILES string of the molecule is C#CC.COC(=O)Cc1ccc(C#Cc2cc(C(C)(C)C)c(OC(C)C)c(CBr)c2C)cc1. The Hall–Kier alpha value is -2.69. The Morgan fingerprint density at radius 2 is 1.73 bits per heavy atom. The predicted octanol–water partition coefficient (Wildman–Crippen LogP) is 6.73. The summed E-state index contributed by atoms with van der Waals surface area (Å²) in [4.78, 5) is 11.4. The van der Waals surface area contributed by atoms with Gasteiger partial charge in [0, 0.05) is 27.6 Å². The summed E-state index contributed by atoms with van der Waals surface area (Å²) in [6, 6.07) is 9.87. The van der Waals surface area contributed by atoms with Gasteiger partial charge in [0.05, 0.1) is 19.6 Å². The Morgan fingerprint density at radius 1 is 1.15 bits per heavy atom. The van der Waals surface area contributed by atoms with Crippen LogP contribution in [-0.4, -0.2) is 19.2 Å². The van der Waals surface area contributed by atoms with E-state index in [4.69, 9.17) is 9.47 Å². The molecule has 0 aliphatic heterocycles. The molecule has 0 spiro atoms. The van der Waals surface area contributed by atoms with Crippen molar-refractivity contribution < 1.29 is 14.3 Å². The number of rotatable bonds is 5. The number of hydrogen-bond donors (Lipinski definition) is 0. The normalized spacial score (nSPS) is 10.3. The molecule has 2 aromatic carbocycles. The molecule has 2 aromatic rings. The lowest BCUT2D eigenvalue weighted by Gasteiger charge is -2.27. The Labute approximate surface area is 208 Å². The number of esters is 1. The molecular formula is C29H35BrO3. The van der Waals surface area contributed by atoms with Crippen molar-refractivity contribution in [2.24, 2.45) is 0 Å². The van der Waals surface area contributed by atoms with Gasteiger partial charge in [-0.25, -0.2) is 0 Å². The van der Waals surface area contributed by atoms with E-state index < -0.39 is 0 Å². The zero-order valence-corrected chi connectivity index (χ0v) is 22.6. The Bertz CT molecular complexity index is 1040. The number of benzene rings is 2. The van der Waals surface area contributed by atoms with Crippen LogP contribution in [0.1, 0.15) is 74.9 Å². The molecule has 0 radical (unpaired) electrons. The van der Waals surface area contributed by atoms with E-state index in [1.54, 1.807) is 6.92 Å². The van der Waals surface area contributed by atoms with E-state index in [2.05, 4.69) is 87.7 Å². The summed E-state index contributed by atoms with van der Waals surface area (Å²) >= 11 is 3.65. The summed E-state index contributed by atoms with van der Waals surface area (Å²) in [7, 11) is 1.40. The van der Waals surface area contributed by atoms with Gasteiger partial charge in [-0.3, -0.25) is 4.79 Å². The summed E-state index contributed by atoms with van der Waals surface area (Å²) in [5.74, 6) is 9.58. The third-order valence-corrected chi connectivity index (χ3v) is 5.39. The molecule has 0 amide bonds. The van der Waals surface area contributed by atoms with Gasteiger partial charge in [0.25, 0.3) is 0 Å². The van der Waals surface area contributed by atoms with Gasteiger partial charge in [-0.05, 0) is 62.4 Å². The van der Waals surface area contributed by atoms with Gasteiger partial charge in [0.15, 0.2) is 0 Å². The first kappa shape index (κ1) is 28.3. The monoisotopic (exact) mass is 510 g/mol. The molecule has 0 aliphatic carbocycles. The highest BCUT2D eigenvalue weighted by atomic mass is 79.9. The van der Waals surface area contributed by atoms with Crippen molar-refractivity contribution in [1.29, 1.82) is 0 Å². The Balaban J connectivity index is 0.00000172. The van der Waals surface area contributed by atoms with E-state index in [9.17, 15) is 4.79 Å². The fourth-order valence-electron chi connectivity index (χ4n) is 3.12. The first-order valence-corrected chi connectivity index (χ1v) is 12.0. The third-order valence-electron chi connectivity index (χ3n) is 4.83. The van der Waals surface area contributed by atoms with Crippen LogP contribution < -0.4 is 4.74 Å². The van der Waals surface area contributed by atoms with Crippen LogP contribution in [0.25, 0.3) is 0 Å². The van der Waals surface area contributed by atoms with E-state index in [1.165, 1.54) is 7.11 Å². The maximum absolute atomic E-state index is 11.4. The molecule has 0 aromatic heterocycles. The number of hydrogen-bond acceptors (Lipinski definition) is 3. The quantitative estimate of drug-likeness (QED) is 0.254. The van der Waals surface area contributed by atoms with E-state index in [-0.39, 0.29) is 23.9 Å². The number of halogens is 1. The molecule has 0 saturated carbocycles. The molecule has 0 saturated heterocycles. The van der Waals surface area contributed by atoms with Gasteiger partial charge < -0.3 is 9.47 Å². The van der Waals surface area contributed by atoms with E-state index >= 15 is 0 Å². The van der Waals surface area contributed by atoms with Crippen LogP contribution in [0.3, 0.4) is 0 Å². The van der Waals surface area contributed by atoms with Gasteiger partial charge in [-0.2, -0.15) is 0 Å². The number of carbonyl (C=O) groups is 1. The highest BCUT2D eigenvalue weighted by Gasteiger charge is 2.24. The Morgan fingerprint density at radius 3 is 2.18 bits per heavy atom. The molecular weight excluding hydrogens is 476 g/mol. The van der Waals surface area contributed by atoms with E-state index in [0.717, 1.165) is 39.1 Å². The third kappa shape index (κ3) is 8.64. The van der Waals surface area contributed by atoms with Crippen LogP contribution in [0.5, 0.6) is 5.75 Å². The van der Waals surface area contributed by atoms with Gasteiger partial charge in [-0.1, -0.05) is 60.7 Å². The number of terminal acetylenes is 1. The lowest BCUT2D eigenvalue weighted by molar-refractivity contribution is -0.139. The molecule has 2 rings (SSSR count). The lowest BCUT2D eigenvalue weighted by atomic mass is 9.82. The Kier molecular flexibility index (Phi) is 11.3. The molecule has 3 nitrogen and oxygen atoms in total. The topological polar surface area (TPSA) is 35.5 Å². The van der Waals surface area contributed by atoms with Crippen LogP contribution in [0, 0.1) is 31.1 Å². The molecule has 0 unspecified atom stereocenters. The number of methoxy groups -OCH3 is 1. The smallest absolute Gasteiger partial charge is 0.309 e. The first-order valence-electron chi connectivity index (χ1n) is 10.9. The van der Waals surface area contributed by atoms with Gasteiger partial charge in [0.1, 0.15) is 5.75 Å². The number of alkyl halides is 1. The van der Waals surface area contributed by atoms with Crippen molar-refractivity contribution in [2.45, 2.75) is 71.7 Å². The summed E-state index contributed by atoms with van der Waals surface area (Å²) in [5.41, 5.74) is 6.19. The summed E-state index contributed by atoms with van der Waals surface area (Å²) in [6.45, 7) is 14.4. The van der Waals surface area contributed by atoms with Crippen LogP contribution in [0.15, 0.2) is 30.3 Å². The minimum Gasteiger partial charge on any atom is -0.490 e. The molecule has 0 heterocycles. The minimum absolute atomic E-state index is 0.0686. The average molecular weight is 512 g/mol. The lowest BCUT2D eigenvalue weighted by Crippen LogP contribution is -2.18. The predicted molar refractivity (Wildman–Crippen MR) is 141 cm³/mol. The zero-order chi connectivity index (χ0) is 25.2. The van der Waals surface area contributed by atoms with Crippen molar-refractivity contribution in [3.63, 3.8) is 0 Å². The summed E-state index contributed by atoms with van der Waals surface area (Å²) in [6.07, 6.45) is 4.97. The first-order chi connectivity index (χ1) is 15.5. The molecule has 0 bridgehead atoms. The second kappa shape index (κ2) is 13.1. The number of ether oxygens (including phenoxy) is 2.